The lowest BCUT2D eigenvalue weighted by Gasteiger charge is -2.22. The van der Waals surface area contributed by atoms with E-state index in [0.29, 0.717) is 12.5 Å². The van der Waals surface area contributed by atoms with Gasteiger partial charge in [-0.3, -0.25) is 0 Å². The van der Waals surface area contributed by atoms with Crippen molar-refractivity contribution in [3.8, 4) is 0 Å². The Morgan fingerprint density at radius 1 is 0.667 bits per heavy atom. The molecule has 24 heavy (non-hydrogen) atoms. The minimum Gasteiger partial charge on any atom is -0.396 e. The number of hydrogen-bond donors (Lipinski definition) is 1. The molecule has 1 saturated carbocycles. The highest BCUT2D eigenvalue weighted by Crippen LogP contribution is 2.34. The molecular weight excluding hydrogens is 296 g/mol. The number of rotatable bonds is 15. The molecule has 0 radical (unpaired) electrons. The Morgan fingerprint density at radius 2 is 1.12 bits per heavy atom. The van der Waals surface area contributed by atoms with Crippen molar-refractivity contribution in [3.63, 3.8) is 0 Å². The largest absolute Gasteiger partial charge is 0.396 e. The van der Waals surface area contributed by atoms with Gasteiger partial charge in [-0.25, -0.2) is 0 Å². The van der Waals surface area contributed by atoms with Crippen molar-refractivity contribution in [2.24, 2.45) is 11.8 Å². The van der Waals surface area contributed by atoms with Crippen molar-refractivity contribution in [2.75, 3.05) is 19.8 Å². The monoisotopic (exact) mass is 340 g/mol. The molecule has 0 spiro atoms. The topological polar surface area (TPSA) is 29.5 Å². The fourth-order valence-electron chi connectivity index (χ4n) is 3.25. The zero-order valence-corrected chi connectivity index (χ0v) is 16.4. The minimum atomic E-state index is 0.292. The number of unbranched alkanes of at least 4 members (excludes halogenated alkanes) is 12. The van der Waals surface area contributed by atoms with Crippen LogP contribution >= 0.6 is 0 Å². The molecule has 0 aromatic rings. The van der Waals surface area contributed by atoms with Gasteiger partial charge in [0.1, 0.15) is 0 Å². The smallest absolute Gasteiger partial charge is 0.0538 e. The molecule has 144 valence electrons. The lowest BCUT2D eigenvalue weighted by molar-refractivity contribution is -0.0554. The van der Waals surface area contributed by atoms with Crippen LogP contribution < -0.4 is 0 Å². The van der Waals surface area contributed by atoms with Crippen molar-refractivity contribution >= 4 is 0 Å². The molecular formula is C22H44O2. The molecule has 0 aromatic carbocycles. The first-order valence-electron chi connectivity index (χ1n) is 11.1. The molecule has 0 unspecified atom stereocenters. The van der Waals surface area contributed by atoms with Crippen LogP contribution in [0.15, 0.2) is 0 Å². The molecule has 0 atom stereocenters. The average Bonchev–Trinajstić information content (AvgIpc) is 3.36. The summed E-state index contributed by atoms with van der Waals surface area (Å²) in [5.41, 5.74) is 0. The van der Waals surface area contributed by atoms with E-state index in [2.05, 4.69) is 6.92 Å². The van der Waals surface area contributed by atoms with E-state index in [0.717, 1.165) is 19.1 Å². The molecule has 0 aromatic heterocycles. The van der Waals surface area contributed by atoms with Crippen LogP contribution in [0.4, 0.5) is 0 Å². The van der Waals surface area contributed by atoms with E-state index >= 15 is 0 Å². The fraction of sp³-hybridized carbons (Fsp3) is 1.00. The van der Waals surface area contributed by atoms with Gasteiger partial charge in [-0.1, -0.05) is 110 Å². The summed E-state index contributed by atoms with van der Waals surface area (Å²) < 4.78 is 4.77. The second-order valence-electron chi connectivity index (χ2n) is 8.06. The molecule has 2 aliphatic rings. The van der Waals surface area contributed by atoms with Gasteiger partial charge >= 0.3 is 0 Å². The summed E-state index contributed by atoms with van der Waals surface area (Å²) in [5, 5.41) is 8.31. The van der Waals surface area contributed by atoms with Crippen LogP contribution in [-0.2, 0) is 4.74 Å². The zero-order chi connectivity index (χ0) is 17.3. The Morgan fingerprint density at radius 3 is 1.42 bits per heavy atom. The zero-order valence-electron chi connectivity index (χ0n) is 16.4. The number of aliphatic hydroxyl groups is 1. The summed E-state index contributed by atoms with van der Waals surface area (Å²) in [6.07, 6.45) is 23.9. The molecule has 1 saturated heterocycles. The van der Waals surface area contributed by atoms with Crippen molar-refractivity contribution in [1.82, 2.24) is 0 Å². The van der Waals surface area contributed by atoms with Gasteiger partial charge in [0.05, 0.1) is 19.8 Å². The molecule has 0 amide bonds. The first kappa shape index (κ1) is 22.0. The SMILES string of the molecule is CCCCCCCCCCCCCCCC1CC1.OCC1COC1. The van der Waals surface area contributed by atoms with Crippen molar-refractivity contribution < 1.29 is 9.84 Å². The number of aliphatic hydroxyl groups excluding tert-OH is 1. The van der Waals surface area contributed by atoms with Gasteiger partial charge in [-0.05, 0) is 5.92 Å². The molecule has 1 heterocycles. The molecule has 1 aliphatic carbocycles. The van der Waals surface area contributed by atoms with E-state index in [1.807, 2.05) is 0 Å². The third kappa shape index (κ3) is 14.3. The quantitative estimate of drug-likeness (QED) is 0.345. The molecule has 2 rings (SSSR count). The highest BCUT2D eigenvalue weighted by Gasteiger charge is 2.19. The summed E-state index contributed by atoms with van der Waals surface area (Å²) >= 11 is 0. The first-order chi connectivity index (χ1) is 11.9. The highest BCUT2D eigenvalue weighted by atomic mass is 16.5. The maximum absolute atomic E-state index is 8.31. The normalized spacial score (nSPS) is 17.2. The van der Waals surface area contributed by atoms with Gasteiger partial charge in [-0.15, -0.1) is 0 Å². The van der Waals surface area contributed by atoms with E-state index in [9.17, 15) is 0 Å². The maximum Gasteiger partial charge on any atom is 0.0538 e. The standard InChI is InChI=1S/C18H36.C4H8O2/c1-2-3-4-5-6-7-8-9-10-11-12-13-14-15-18-16-17-18;5-1-4-2-6-3-4/h18H,2-17H2,1H3;4-5H,1-3H2. The number of ether oxygens (including phenoxy) is 1. The summed E-state index contributed by atoms with van der Waals surface area (Å²) in [6.45, 7) is 4.11. The van der Waals surface area contributed by atoms with Crippen LogP contribution in [0.3, 0.4) is 0 Å². The van der Waals surface area contributed by atoms with Crippen molar-refractivity contribution in [3.05, 3.63) is 0 Å². The molecule has 1 aliphatic heterocycles. The lowest BCUT2D eigenvalue weighted by atomic mass is 10.0. The summed E-state index contributed by atoms with van der Waals surface area (Å²) in [6, 6.07) is 0. The van der Waals surface area contributed by atoms with Crippen LogP contribution in [0, 0.1) is 11.8 Å². The van der Waals surface area contributed by atoms with Crippen molar-refractivity contribution in [2.45, 2.75) is 110 Å². The van der Waals surface area contributed by atoms with Crippen LogP contribution in [0.5, 0.6) is 0 Å². The van der Waals surface area contributed by atoms with Crippen LogP contribution in [0.2, 0.25) is 0 Å². The van der Waals surface area contributed by atoms with E-state index < -0.39 is 0 Å². The maximum atomic E-state index is 8.31. The van der Waals surface area contributed by atoms with Crippen LogP contribution in [-0.4, -0.2) is 24.9 Å². The minimum absolute atomic E-state index is 0.292. The summed E-state index contributed by atoms with van der Waals surface area (Å²) in [5.74, 6) is 1.60. The van der Waals surface area contributed by atoms with Crippen LogP contribution in [0.1, 0.15) is 110 Å². The van der Waals surface area contributed by atoms with Gasteiger partial charge in [0.25, 0.3) is 0 Å². The second-order valence-corrected chi connectivity index (χ2v) is 8.06. The average molecular weight is 341 g/mol. The molecule has 2 heteroatoms. The predicted octanol–water partition coefficient (Wildman–Crippen LogP) is 6.50. The third-order valence-electron chi connectivity index (χ3n) is 5.38. The highest BCUT2D eigenvalue weighted by molar-refractivity contribution is 4.72. The van der Waals surface area contributed by atoms with E-state index in [1.54, 1.807) is 0 Å². The van der Waals surface area contributed by atoms with Crippen molar-refractivity contribution in [1.29, 1.82) is 0 Å². The first-order valence-corrected chi connectivity index (χ1v) is 11.1. The second kappa shape index (κ2) is 16.4. The lowest BCUT2D eigenvalue weighted by Crippen LogP contribution is -2.30. The molecule has 0 bridgehead atoms. The Bertz CT molecular complexity index is 244. The Labute approximate surface area is 151 Å². The van der Waals surface area contributed by atoms with E-state index in [1.165, 1.54) is 103 Å². The van der Waals surface area contributed by atoms with Gasteiger partial charge in [0.2, 0.25) is 0 Å². The fourth-order valence-corrected chi connectivity index (χ4v) is 3.25. The van der Waals surface area contributed by atoms with Gasteiger partial charge < -0.3 is 9.84 Å². The number of hydrogen-bond acceptors (Lipinski definition) is 2. The predicted molar refractivity (Wildman–Crippen MR) is 104 cm³/mol. The Hall–Kier alpha value is -0.0800. The van der Waals surface area contributed by atoms with Gasteiger partial charge in [0.15, 0.2) is 0 Å². The Kier molecular flexibility index (Phi) is 15.0. The summed E-state index contributed by atoms with van der Waals surface area (Å²) in [4.78, 5) is 0. The molecule has 2 fully saturated rings. The Balaban J connectivity index is 0.000000400. The molecule has 2 nitrogen and oxygen atoms in total. The van der Waals surface area contributed by atoms with Crippen LogP contribution in [0.25, 0.3) is 0 Å². The molecule has 1 N–H and O–H groups in total. The van der Waals surface area contributed by atoms with Gasteiger partial charge in [0, 0.05) is 5.92 Å². The van der Waals surface area contributed by atoms with Gasteiger partial charge in [-0.2, -0.15) is 0 Å². The van der Waals surface area contributed by atoms with E-state index in [-0.39, 0.29) is 0 Å². The summed E-state index contributed by atoms with van der Waals surface area (Å²) in [7, 11) is 0. The van der Waals surface area contributed by atoms with E-state index in [4.69, 9.17) is 9.84 Å². The third-order valence-corrected chi connectivity index (χ3v) is 5.38.